The highest BCUT2D eigenvalue weighted by Gasteiger charge is 2.09. The van der Waals surface area contributed by atoms with E-state index in [9.17, 15) is 0 Å². The predicted octanol–water partition coefficient (Wildman–Crippen LogP) is 3.08. The topological polar surface area (TPSA) is 69.6 Å². The third-order valence-electron chi connectivity index (χ3n) is 3.15. The van der Waals surface area contributed by atoms with E-state index in [1.807, 2.05) is 10.6 Å². The number of nitrogen functional groups attached to an aromatic ring is 1. The van der Waals surface area contributed by atoms with E-state index in [2.05, 4.69) is 52.2 Å². The Balaban J connectivity index is 1.84. The lowest BCUT2D eigenvalue weighted by Gasteiger charge is -2.00. The van der Waals surface area contributed by atoms with Crippen LogP contribution in [-0.2, 0) is 6.54 Å². The third kappa shape index (κ3) is 2.87. The van der Waals surface area contributed by atoms with E-state index in [0.717, 1.165) is 5.56 Å². The van der Waals surface area contributed by atoms with Crippen LogP contribution in [0.25, 0.3) is 17.2 Å². The molecule has 0 saturated carbocycles. The quantitative estimate of drug-likeness (QED) is 0.755. The van der Waals surface area contributed by atoms with Crippen molar-refractivity contribution in [3.05, 3.63) is 53.1 Å². The highest BCUT2D eigenvalue weighted by atomic mass is 35.5. The maximum absolute atomic E-state index is 5.84. The lowest BCUT2D eigenvalue weighted by Crippen LogP contribution is -1.98. The zero-order valence-electron chi connectivity index (χ0n) is 11.5. The number of imidazole rings is 1. The van der Waals surface area contributed by atoms with Crippen molar-refractivity contribution in [1.82, 2.24) is 19.5 Å². The van der Waals surface area contributed by atoms with E-state index in [0.29, 0.717) is 23.5 Å². The molecule has 0 amide bonds. The van der Waals surface area contributed by atoms with Crippen LogP contribution in [-0.4, -0.2) is 19.5 Å². The molecule has 0 bridgehead atoms. The molecule has 0 unspecified atom stereocenters. The summed E-state index contributed by atoms with van der Waals surface area (Å²) in [5.41, 5.74) is 9.38. The number of nitrogens with zero attached hydrogens (tertiary/aromatic N) is 4. The summed E-state index contributed by atoms with van der Waals surface area (Å²) in [7, 11) is 0. The number of nitrogens with two attached hydrogens (primary N) is 1. The lowest BCUT2D eigenvalue weighted by atomic mass is 10.1. The van der Waals surface area contributed by atoms with Crippen LogP contribution in [0.15, 0.2) is 36.7 Å². The third-order valence-corrected chi connectivity index (χ3v) is 3.32. The number of fused-ring (bicyclic) bond motifs is 1. The standard InChI is InChI=1S/C15H14ClN5/c1-10-4-6-11(7-5-10)3-2-8-21-9-18-12-13(17)19-15(16)20-14(12)21/h2-7,9H,8H2,1H3,(H2,17,19,20)/b3-2+. The van der Waals surface area contributed by atoms with Gasteiger partial charge in [-0.05, 0) is 24.1 Å². The van der Waals surface area contributed by atoms with Crippen LogP contribution in [0.1, 0.15) is 11.1 Å². The molecule has 0 aliphatic heterocycles. The van der Waals surface area contributed by atoms with Crippen molar-refractivity contribution in [3.8, 4) is 0 Å². The number of halogens is 1. The molecule has 0 radical (unpaired) electrons. The molecule has 21 heavy (non-hydrogen) atoms. The maximum atomic E-state index is 5.84. The molecular formula is C15H14ClN5. The fourth-order valence-electron chi connectivity index (χ4n) is 2.05. The summed E-state index contributed by atoms with van der Waals surface area (Å²) < 4.78 is 1.88. The second kappa shape index (κ2) is 5.54. The summed E-state index contributed by atoms with van der Waals surface area (Å²) in [4.78, 5) is 12.3. The van der Waals surface area contributed by atoms with Crippen molar-refractivity contribution in [2.24, 2.45) is 0 Å². The van der Waals surface area contributed by atoms with Crippen LogP contribution < -0.4 is 5.73 Å². The van der Waals surface area contributed by atoms with Crippen LogP contribution in [0.5, 0.6) is 0 Å². The second-order valence-corrected chi connectivity index (χ2v) is 5.10. The molecule has 0 atom stereocenters. The molecule has 0 aliphatic carbocycles. The summed E-state index contributed by atoms with van der Waals surface area (Å²) in [5.74, 6) is 0.297. The first kappa shape index (κ1) is 13.6. The van der Waals surface area contributed by atoms with Gasteiger partial charge in [-0.2, -0.15) is 9.97 Å². The fourth-order valence-corrected chi connectivity index (χ4v) is 2.22. The summed E-state index contributed by atoms with van der Waals surface area (Å²) >= 11 is 5.84. The second-order valence-electron chi connectivity index (χ2n) is 4.76. The van der Waals surface area contributed by atoms with E-state index in [1.165, 1.54) is 5.56 Å². The van der Waals surface area contributed by atoms with Crippen LogP contribution in [0, 0.1) is 6.92 Å². The Morgan fingerprint density at radius 1 is 1.24 bits per heavy atom. The zero-order chi connectivity index (χ0) is 14.8. The molecule has 0 fully saturated rings. The van der Waals surface area contributed by atoms with Gasteiger partial charge in [0, 0.05) is 6.54 Å². The Labute approximate surface area is 127 Å². The number of rotatable bonds is 3. The number of allylic oxidation sites excluding steroid dienone is 1. The Morgan fingerprint density at radius 3 is 2.76 bits per heavy atom. The van der Waals surface area contributed by atoms with Crippen molar-refractivity contribution in [1.29, 1.82) is 0 Å². The van der Waals surface area contributed by atoms with E-state index >= 15 is 0 Å². The average Bonchev–Trinajstić information content (AvgIpc) is 2.84. The summed E-state index contributed by atoms with van der Waals surface area (Å²) in [6.07, 6.45) is 5.78. The molecule has 2 aromatic heterocycles. The van der Waals surface area contributed by atoms with Gasteiger partial charge in [-0.3, -0.25) is 0 Å². The first-order chi connectivity index (χ1) is 10.1. The summed E-state index contributed by atoms with van der Waals surface area (Å²) in [6.45, 7) is 2.70. The van der Waals surface area contributed by atoms with Gasteiger partial charge < -0.3 is 10.3 Å². The predicted molar refractivity (Wildman–Crippen MR) is 85.0 cm³/mol. The van der Waals surface area contributed by atoms with E-state index in [-0.39, 0.29) is 5.28 Å². The molecule has 0 saturated heterocycles. The number of benzene rings is 1. The van der Waals surface area contributed by atoms with Crippen molar-refractivity contribution in [2.45, 2.75) is 13.5 Å². The van der Waals surface area contributed by atoms with Gasteiger partial charge in [-0.25, -0.2) is 4.98 Å². The van der Waals surface area contributed by atoms with Gasteiger partial charge in [0.15, 0.2) is 11.5 Å². The molecule has 0 aliphatic rings. The molecule has 2 N–H and O–H groups in total. The smallest absolute Gasteiger partial charge is 0.226 e. The Hall–Kier alpha value is -2.40. The van der Waals surface area contributed by atoms with Gasteiger partial charge in [-0.15, -0.1) is 0 Å². The monoisotopic (exact) mass is 299 g/mol. The van der Waals surface area contributed by atoms with Crippen molar-refractivity contribution >= 4 is 34.7 Å². The van der Waals surface area contributed by atoms with Crippen LogP contribution in [0.2, 0.25) is 5.28 Å². The van der Waals surface area contributed by atoms with E-state index < -0.39 is 0 Å². The van der Waals surface area contributed by atoms with Gasteiger partial charge in [0.1, 0.15) is 5.52 Å². The number of aryl methyl sites for hydroxylation is 1. The van der Waals surface area contributed by atoms with Crippen molar-refractivity contribution < 1.29 is 0 Å². The number of hydrogen-bond acceptors (Lipinski definition) is 4. The Kier molecular flexibility index (Phi) is 3.58. The fraction of sp³-hybridized carbons (Fsp3) is 0.133. The minimum absolute atomic E-state index is 0.129. The van der Waals surface area contributed by atoms with Gasteiger partial charge in [0.25, 0.3) is 0 Å². The Bertz CT molecular complexity index is 805. The molecule has 0 spiro atoms. The highest BCUT2D eigenvalue weighted by molar-refractivity contribution is 6.28. The molecule has 6 heteroatoms. The largest absolute Gasteiger partial charge is 0.382 e. The number of hydrogen-bond donors (Lipinski definition) is 1. The Morgan fingerprint density at radius 2 is 2.00 bits per heavy atom. The van der Waals surface area contributed by atoms with Crippen molar-refractivity contribution in [2.75, 3.05) is 5.73 Å². The lowest BCUT2D eigenvalue weighted by molar-refractivity contribution is 0.839. The van der Waals surface area contributed by atoms with Gasteiger partial charge >= 0.3 is 0 Å². The van der Waals surface area contributed by atoms with E-state index in [4.69, 9.17) is 17.3 Å². The molecule has 3 aromatic rings. The molecule has 3 rings (SSSR count). The first-order valence-electron chi connectivity index (χ1n) is 6.50. The first-order valence-corrected chi connectivity index (χ1v) is 6.88. The molecule has 106 valence electrons. The summed E-state index contributed by atoms with van der Waals surface area (Å²) in [5, 5.41) is 0.129. The normalized spacial score (nSPS) is 11.5. The van der Waals surface area contributed by atoms with Crippen LogP contribution in [0.3, 0.4) is 0 Å². The highest BCUT2D eigenvalue weighted by Crippen LogP contribution is 2.18. The van der Waals surface area contributed by atoms with Crippen LogP contribution in [0.4, 0.5) is 5.82 Å². The van der Waals surface area contributed by atoms with Gasteiger partial charge in [-0.1, -0.05) is 42.0 Å². The minimum Gasteiger partial charge on any atom is -0.382 e. The van der Waals surface area contributed by atoms with Crippen molar-refractivity contribution in [3.63, 3.8) is 0 Å². The van der Waals surface area contributed by atoms with Crippen LogP contribution >= 0.6 is 11.6 Å². The minimum atomic E-state index is 0.129. The summed E-state index contributed by atoms with van der Waals surface area (Å²) in [6, 6.07) is 8.32. The number of aromatic nitrogens is 4. The number of anilines is 1. The van der Waals surface area contributed by atoms with Gasteiger partial charge in [0.2, 0.25) is 5.28 Å². The molecule has 5 nitrogen and oxygen atoms in total. The maximum Gasteiger partial charge on any atom is 0.226 e. The van der Waals surface area contributed by atoms with E-state index in [1.54, 1.807) is 6.33 Å². The average molecular weight is 300 g/mol. The van der Waals surface area contributed by atoms with Gasteiger partial charge in [0.05, 0.1) is 6.33 Å². The molecular weight excluding hydrogens is 286 g/mol. The SMILES string of the molecule is Cc1ccc(/C=C/Cn2cnc3c(N)nc(Cl)nc32)cc1. The molecule has 2 heterocycles. The zero-order valence-corrected chi connectivity index (χ0v) is 12.2. The molecule has 1 aromatic carbocycles.